The fourth-order valence-electron chi connectivity index (χ4n) is 3.71. The van der Waals surface area contributed by atoms with Crippen LogP contribution in [0.2, 0.25) is 0 Å². The van der Waals surface area contributed by atoms with E-state index in [2.05, 4.69) is 19.2 Å². The molecular weight excluding hydrogens is 274 g/mol. The van der Waals surface area contributed by atoms with Crippen LogP contribution in [0.15, 0.2) is 0 Å². The zero-order chi connectivity index (χ0) is 15.7. The number of aliphatic hydroxyl groups is 1. The van der Waals surface area contributed by atoms with Gasteiger partial charge >= 0.3 is 0 Å². The summed E-state index contributed by atoms with van der Waals surface area (Å²) in [4.78, 5) is 1.75. The van der Waals surface area contributed by atoms with Gasteiger partial charge in [0.1, 0.15) is 0 Å². The first-order valence-corrected chi connectivity index (χ1v) is 8.33. The average molecular weight is 306 g/mol. The molecule has 0 aromatic carbocycles. The Morgan fingerprint density at radius 2 is 2.19 bits per heavy atom. The molecule has 0 saturated heterocycles. The predicted octanol–water partition coefficient (Wildman–Crippen LogP) is 2.74. The summed E-state index contributed by atoms with van der Waals surface area (Å²) in [6.07, 6.45) is 3.36. The van der Waals surface area contributed by atoms with Gasteiger partial charge in [-0.25, -0.2) is 8.78 Å². The molecule has 1 fully saturated rings. The summed E-state index contributed by atoms with van der Waals surface area (Å²) in [5.74, 6) is 0.657. The van der Waals surface area contributed by atoms with Crippen LogP contribution in [0, 0.1) is 11.3 Å². The number of hydrogen-bond donors (Lipinski definition) is 2. The Balaban J connectivity index is 2.68. The van der Waals surface area contributed by atoms with E-state index in [1.807, 2.05) is 0 Å². The first-order chi connectivity index (χ1) is 10.0. The molecule has 0 radical (unpaired) electrons. The maximum atomic E-state index is 12.7. The molecule has 126 valence electrons. The van der Waals surface area contributed by atoms with Gasteiger partial charge in [0.2, 0.25) is 0 Å². The molecule has 1 aliphatic rings. The standard InChI is InChI=1S/C16H32F2N2O/c1-3-7-19-12-16(6-4-5-14(2)10-16)13-20(8-9-21)11-15(17)18/h14-15,19,21H,3-13H2,1-2H3. The van der Waals surface area contributed by atoms with Crippen LogP contribution >= 0.6 is 0 Å². The first kappa shape index (κ1) is 18.8. The fourth-order valence-corrected chi connectivity index (χ4v) is 3.71. The molecule has 0 bridgehead atoms. The Bertz CT molecular complexity index is 279. The maximum absolute atomic E-state index is 12.7. The largest absolute Gasteiger partial charge is 0.395 e. The van der Waals surface area contributed by atoms with Gasteiger partial charge in [-0.1, -0.05) is 26.7 Å². The highest BCUT2D eigenvalue weighted by atomic mass is 19.3. The van der Waals surface area contributed by atoms with E-state index in [1.165, 1.54) is 12.8 Å². The lowest BCUT2D eigenvalue weighted by molar-refractivity contribution is 0.0295. The molecule has 3 nitrogen and oxygen atoms in total. The second-order valence-corrected chi connectivity index (χ2v) is 6.73. The van der Waals surface area contributed by atoms with Crippen molar-refractivity contribution in [3.63, 3.8) is 0 Å². The van der Waals surface area contributed by atoms with Gasteiger partial charge in [0, 0.05) is 19.6 Å². The maximum Gasteiger partial charge on any atom is 0.251 e. The zero-order valence-corrected chi connectivity index (χ0v) is 13.6. The van der Waals surface area contributed by atoms with Crippen molar-refractivity contribution in [2.75, 3.05) is 39.3 Å². The second-order valence-electron chi connectivity index (χ2n) is 6.73. The van der Waals surface area contributed by atoms with Crippen LogP contribution in [-0.4, -0.2) is 55.8 Å². The molecule has 0 amide bonds. The minimum atomic E-state index is -2.33. The lowest BCUT2D eigenvalue weighted by Crippen LogP contribution is -2.48. The van der Waals surface area contributed by atoms with Crippen LogP contribution in [0.5, 0.6) is 0 Å². The number of rotatable bonds is 10. The number of halogens is 2. The van der Waals surface area contributed by atoms with Crippen molar-refractivity contribution >= 4 is 0 Å². The first-order valence-electron chi connectivity index (χ1n) is 8.33. The van der Waals surface area contributed by atoms with Gasteiger partial charge in [-0.3, -0.25) is 4.90 Å². The molecule has 1 saturated carbocycles. The topological polar surface area (TPSA) is 35.5 Å². The molecule has 0 aromatic rings. The molecule has 0 aromatic heterocycles. The lowest BCUT2D eigenvalue weighted by atomic mass is 9.69. The van der Waals surface area contributed by atoms with E-state index in [9.17, 15) is 8.78 Å². The summed E-state index contributed by atoms with van der Waals surface area (Å²) < 4.78 is 25.5. The van der Waals surface area contributed by atoms with Crippen molar-refractivity contribution in [2.45, 2.75) is 52.4 Å². The fraction of sp³-hybridized carbons (Fsp3) is 1.00. The molecule has 0 spiro atoms. The summed E-state index contributed by atoms with van der Waals surface area (Å²) in [7, 11) is 0. The number of nitrogens with zero attached hydrogens (tertiary/aromatic N) is 1. The van der Waals surface area contributed by atoms with Crippen molar-refractivity contribution < 1.29 is 13.9 Å². The van der Waals surface area contributed by atoms with Crippen LogP contribution in [0.3, 0.4) is 0 Å². The summed E-state index contributed by atoms with van der Waals surface area (Å²) in [6, 6.07) is 0. The van der Waals surface area contributed by atoms with Crippen molar-refractivity contribution in [1.29, 1.82) is 0 Å². The molecule has 5 heteroatoms. The second kappa shape index (κ2) is 9.70. The van der Waals surface area contributed by atoms with Crippen LogP contribution in [0.4, 0.5) is 8.78 Å². The Morgan fingerprint density at radius 1 is 1.43 bits per heavy atom. The summed E-state index contributed by atoms with van der Waals surface area (Å²) in [5, 5.41) is 12.6. The Labute approximate surface area is 128 Å². The molecule has 1 aliphatic carbocycles. The molecule has 2 unspecified atom stereocenters. The van der Waals surface area contributed by atoms with E-state index >= 15 is 0 Å². The van der Waals surface area contributed by atoms with E-state index in [0.717, 1.165) is 32.4 Å². The van der Waals surface area contributed by atoms with Gasteiger partial charge in [-0.05, 0) is 37.1 Å². The highest BCUT2D eigenvalue weighted by molar-refractivity contribution is 4.90. The minimum absolute atomic E-state index is 0.0548. The molecule has 2 N–H and O–H groups in total. The van der Waals surface area contributed by atoms with Crippen LogP contribution in [0.1, 0.15) is 46.0 Å². The number of nitrogens with one attached hydrogen (secondary N) is 1. The number of hydrogen-bond acceptors (Lipinski definition) is 3. The smallest absolute Gasteiger partial charge is 0.251 e. The zero-order valence-electron chi connectivity index (χ0n) is 13.6. The molecule has 1 rings (SSSR count). The Morgan fingerprint density at radius 3 is 2.76 bits per heavy atom. The van der Waals surface area contributed by atoms with Gasteiger partial charge in [0.05, 0.1) is 13.2 Å². The van der Waals surface area contributed by atoms with Crippen molar-refractivity contribution in [2.24, 2.45) is 11.3 Å². The van der Waals surface area contributed by atoms with Gasteiger partial charge in [-0.15, -0.1) is 0 Å². The van der Waals surface area contributed by atoms with Crippen molar-refractivity contribution in [3.05, 3.63) is 0 Å². The van der Waals surface area contributed by atoms with Gasteiger partial charge in [0.25, 0.3) is 6.43 Å². The third kappa shape index (κ3) is 7.02. The summed E-state index contributed by atoms with van der Waals surface area (Å²) in [5.41, 5.74) is 0.0803. The van der Waals surface area contributed by atoms with E-state index in [-0.39, 0.29) is 18.6 Å². The van der Waals surface area contributed by atoms with Crippen LogP contribution in [-0.2, 0) is 0 Å². The highest BCUT2D eigenvalue weighted by Gasteiger charge is 2.36. The van der Waals surface area contributed by atoms with Gasteiger partial charge < -0.3 is 10.4 Å². The molecular formula is C16H32F2N2O. The normalized spacial score (nSPS) is 26.7. The quantitative estimate of drug-likeness (QED) is 0.609. The number of aliphatic hydroxyl groups excluding tert-OH is 1. The van der Waals surface area contributed by atoms with Crippen LogP contribution in [0.25, 0.3) is 0 Å². The SMILES string of the molecule is CCCNCC1(CN(CCO)CC(F)F)CCCC(C)C1. The summed E-state index contributed by atoms with van der Waals surface area (Å²) >= 11 is 0. The van der Waals surface area contributed by atoms with E-state index < -0.39 is 6.43 Å². The Kier molecular flexibility index (Phi) is 8.67. The summed E-state index contributed by atoms with van der Waals surface area (Å²) in [6.45, 7) is 7.00. The number of alkyl halides is 2. The molecule has 21 heavy (non-hydrogen) atoms. The molecule has 2 atom stereocenters. The predicted molar refractivity (Wildman–Crippen MR) is 82.8 cm³/mol. The van der Waals surface area contributed by atoms with Gasteiger partial charge in [-0.2, -0.15) is 0 Å². The van der Waals surface area contributed by atoms with Gasteiger partial charge in [0.15, 0.2) is 0 Å². The monoisotopic (exact) mass is 306 g/mol. The van der Waals surface area contributed by atoms with Crippen LogP contribution < -0.4 is 5.32 Å². The van der Waals surface area contributed by atoms with E-state index in [4.69, 9.17) is 5.11 Å². The third-order valence-corrected chi connectivity index (χ3v) is 4.48. The van der Waals surface area contributed by atoms with E-state index in [1.54, 1.807) is 4.90 Å². The minimum Gasteiger partial charge on any atom is -0.395 e. The third-order valence-electron chi connectivity index (χ3n) is 4.48. The van der Waals surface area contributed by atoms with Crippen molar-refractivity contribution in [1.82, 2.24) is 10.2 Å². The van der Waals surface area contributed by atoms with Crippen molar-refractivity contribution in [3.8, 4) is 0 Å². The Hall–Kier alpha value is -0.260. The highest BCUT2D eigenvalue weighted by Crippen LogP contribution is 2.39. The molecule has 0 heterocycles. The average Bonchev–Trinajstić information content (AvgIpc) is 2.38. The molecule has 0 aliphatic heterocycles. The van der Waals surface area contributed by atoms with E-state index in [0.29, 0.717) is 19.0 Å². The lowest BCUT2D eigenvalue weighted by Gasteiger charge is -2.43.